The van der Waals surface area contributed by atoms with Crippen molar-refractivity contribution < 1.29 is 31.2 Å². The van der Waals surface area contributed by atoms with E-state index in [-0.39, 0.29) is 41.3 Å². The molecule has 2 aliphatic rings. The molecule has 2 N–H and O–H groups in total. The van der Waals surface area contributed by atoms with Crippen LogP contribution in [0.5, 0.6) is 0 Å². The zero-order chi connectivity index (χ0) is 30.3. The molecule has 12 heteroatoms. The topological polar surface area (TPSA) is 101 Å². The maximum Gasteiger partial charge on any atom is 0.416 e. The Hall–Kier alpha value is -2.63. The summed E-state index contributed by atoms with van der Waals surface area (Å²) in [6.07, 6.45) is -3.01. The molecule has 2 aromatic rings. The minimum Gasteiger partial charge on any atom is -0.366 e. The third kappa shape index (κ3) is 6.57. The van der Waals surface area contributed by atoms with Crippen molar-refractivity contribution in [2.75, 3.05) is 19.3 Å². The van der Waals surface area contributed by atoms with Gasteiger partial charge in [-0.25, -0.2) is 8.42 Å². The Labute approximate surface area is 243 Å². The van der Waals surface area contributed by atoms with Crippen LogP contribution in [0.1, 0.15) is 66.9 Å². The lowest BCUT2D eigenvalue weighted by atomic mass is 9.80. The van der Waals surface area contributed by atoms with Crippen molar-refractivity contribution >= 4 is 33.3 Å². The van der Waals surface area contributed by atoms with Crippen LogP contribution in [0.15, 0.2) is 47.4 Å². The largest absolute Gasteiger partial charge is 0.416 e. The molecule has 1 aliphatic heterocycles. The van der Waals surface area contributed by atoms with Gasteiger partial charge in [-0.1, -0.05) is 17.7 Å². The number of hydrogen-bond donors (Lipinski definition) is 1. The van der Waals surface area contributed by atoms with E-state index in [1.807, 2.05) is 7.05 Å². The van der Waals surface area contributed by atoms with E-state index in [1.165, 1.54) is 35.2 Å². The molecule has 0 bridgehead atoms. The summed E-state index contributed by atoms with van der Waals surface area (Å²) >= 11 is 5.95. The number of sulfone groups is 1. The van der Waals surface area contributed by atoms with E-state index in [2.05, 4.69) is 18.7 Å². The molecule has 2 aromatic carbocycles. The van der Waals surface area contributed by atoms with Crippen molar-refractivity contribution in [1.82, 2.24) is 9.80 Å². The van der Waals surface area contributed by atoms with Crippen LogP contribution in [0.3, 0.4) is 0 Å². The lowest BCUT2D eigenvalue weighted by molar-refractivity contribution is -0.139. The first-order valence-electron chi connectivity index (χ1n) is 13.6. The van der Waals surface area contributed by atoms with E-state index in [1.54, 1.807) is 0 Å². The Balaban J connectivity index is 1.68. The second-order valence-corrected chi connectivity index (χ2v) is 13.8. The first-order chi connectivity index (χ1) is 19.1. The fourth-order valence-electron chi connectivity index (χ4n) is 6.33. The van der Waals surface area contributed by atoms with Crippen LogP contribution in [0.4, 0.5) is 13.2 Å². The highest BCUT2D eigenvalue weighted by molar-refractivity contribution is 7.91. The Morgan fingerprint density at radius 2 is 1.78 bits per heavy atom. The molecule has 4 atom stereocenters. The molecule has 4 rings (SSSR count). The number of halogens is 4. The lowest BCUT2D eigenvalue weighted by Crippen LogP contribution is -2.51. The van der Waals surface area contributed by atoms with Crippen LogP contribution < -0.4 is 5.73 Å². The molecule has 0 unspecified atom stereocenters. The van der Waals surface area contributed by atoms with Crippen molar-refractivity contribution in [2.24, 2.45) is 11.7 Å². The summed E-state index contributed by atoms with van der Waals surface area (Å²) in [6, 6.07) is 8.88. The minimum atomic E-state index is -4.79. The van der Waals surface area contributed by atoms with Gasteiger partial charge in [-0.05, 0) is 94.5 Å². The molecule has 0 radical (unpaired) electrons. The zero-order valence-corrected chi connectivity index (χ0v) is 24.8. The van der Waals surface area contributed by atoms with Crippen LogP contribution in [-0.2, 0) is 20.8 Å². The maximum atomic E-state index is 14.0. The lowest BCUT2D eigenvalue weighted by Gasteiger charge is -2.44. The number of nitrogens with two attached hydrogens (primary N) is 1. The molecule has 0 aromatic heterocycles. The number of alkyl halides is 3. The number of benzene rings is 2. The second kappa shape index (κ2) is 11.9. The van der Waals surface area contributed by atoms with Gasteiger partial charge in [0, 0.05) is 35.3 Å². The van der Waals surface area contributed by atoms with Crippen molar-refractivity contribution in [3.8, 4) is 0 Å². The van der Waals surface area contributed by atoms with Crippen molar-refractivity contribution in [3.05, 3.63) is 64.2 Å². The molecule has 1 heterocycles. The molecule has 2 amide bonds. The number of carbonyl (C=O) groups excluding carboxylic acids is 2. The van der Waals surface area contributed by atoms with Gasteiger partial charge >= 0.3 is 6.18 Å². The van der Waals surface area contributed by atoms with Crippen molar-refractivity contribution in [3.63, 3.8) is 0 Å². The van der Waals surface area contributed by atoms with Gasteiger partial charge in [0.25, 0.3) is 0 Å². The summed E-state index contributed by atoms with van der Waals surface area (Å²) in [5.74, 6) is -3.46. The molecule has 41 heavy (non-hydrogen) atoms. The van der Waals surface area contributed by atoms with Gasteiger partial charge in [-0.15, -0.1) is 0 Å². The summed E-state index contributed by atoms with van der Waals surface area (Å²) < 4.78 is 68.9. The molecule has 1 aliphatic carbocycles. The number of likely N-dealkylation sites (tertiary alicyclic amines) is 1. The Kier molecular flexibility index (Phi) is 9.11. The van der Waals surface area contributed by atoms with Gasteiger partial charge in [-0.2, -0.15) is 13.2 Å². The molecule has 1 saturated carbocycles. The van der Waals surface area contributed by atoms with Gasteiger partial charge in [0.05, 0.1) is 22.1 Å². The summed E-state index contributed by atoms with van der Waals surface area (Å²) in [5.41, 5.74) is 3.64. The third-order valence-electron chi connectivity index (χ3n) is 8.58. The average molecular weight is 614 g/mol. The number of amides is 2. The molecule has 224 valence electrons. The van der Waals surface area contributed by atoms with Gasteiger partial charge in [0.1, 0.15) is 0 Å². The normalized spacial score (nSPS) is 23.9. The zero-order valence-electron chi connectivity index (χ0n) is 23.2. The fraction of sp³-hybridized carbons (Fsp3) is 0.517. The highest BCUT2D eigenvalue weighted by atomic mass is 35.5. The van der Waals surface area contributed by atoms with Crippen LogP contribution >= 0.6 is 11.6 Å². The Morgan fingerprint density at radius 3 is 2.37 bits per heavy atom. The summed E-state index contributed by atoms with van der Waals surface area (Å²) in [5, 5.41) is 0.404. The third-order valence-corrected chi connectivity index (χ3v) is 10.7. The first kappa shape index (κ1) is 31.3. The second-order valence-electron chi connectivity index (χ2n) is 11.3. The van der Waals surface area contributed by atoms with E-state index in [0.717, 1.165) is 12.1 Å². The van der Waals surface area contributed by atoms with Gasteiger partial charge in [0.15, 0.2) is 9.84 Å². The predicted molar refractivity (Wildman–Crippen MR) is 150 cm³/mol. The fourth-order valence-corrected chi connectivity index (χ4v) is 8.12. The van der Waals surface area contributed by atoms with Gasteiger partial charge < -0.3 is 15.5 Å². The summed E-state index contributed by atoms with van der Waals surface area (Å²) in [7, 11) is -1.78. The SMILES string of the molecule is CC(C)N(C)[C@@H]1CC[C@H](N2CC[C@@H](c3c(C(N)=O)cccc3C(F)(F)F)C2=O)[C@H](CS(=O)(=O)c2ccc(Cl)cc2)C1. The van der Waals surface area contributed by atoms with E-state index < -0.39 is 56.8 Å². The number of nitrogens with zero attached hydrogens (tertiary/aromatic N) is 2. The highest BCUT2D eigenvalue weighted by Crippen LogP contribution is 2.43. The van der Waals surface area contributed by atoms with Crippen LogP contribution in [0.25, 0.3) is 0 Å². The number of rotatable bonds is 8. The van der Waals surface area contributed by atoms with Crippen LogP contribution in [-0.4, -0.2) is 67.5 Å². The number of primary amides is 1. The molecular formula is C29H35ClF3N3O4S. The monoisotopic (exact) mass is 613 g/mol. The van der Waals surface area contributed by atoms with E-state index >= 15 is 0 Å². The highest BCUT2D eigenvalue weighted by Gasteiger charge is 2.47. The molecule has 1 saturated heterocycles. The quantitative estimate of drug-likeness (QED) is 0.445. The molecular weight excluding hydrogens is 579 g/mol. The van der Waals surface area contributed by atoms with Crippen LogP contribution in [0.2, 0.25) is 5.02 Å². The average Bonchev–Trinajstić information content (AvgIpc) is 3.27. The predicted octanol–water partition coefficient (Wildman–Crippen LogP) is 5.13. The van der Waals surface area contributed by atoms with Crippen molar-refractivity contribution in [2.45, 2.75) is 74.6 Å². The first-order valence-corrected chi connectivity index (χ1v) is 15.7. The van der Waals surface area contributed by atoms with E-state index in [0.29, 0.717) is 24.3 Å². The maximum absolute atomic E-state index is 14.0. The standard InChI is InChI=1S/C29H35ClF3N3O4S/c1-17(2)35(3)20-9-12-25(18(15-20)16-41(39,40)21-10-7-19(30)8-11-21)36-14-13-23(28(36)38)26-22(27(34)37)5-4-6-24(26)29(31,32)33/h4-8,10-11,17-18,20,23,25H,9,12-16H2,1-3H3,(H2,34,37)/t18-,20+,23-,25-/m0/s1. The Bertz CT molecular complexity index is 1400. The Morgan fingerprint density at radius 1 is 1.12 bits per heavy atom. The number of carbonyl (C=O) groups is 2. The minimum absolute atomic E-state index is 0.0642. The van der Waals surface area contributed by atoms with Gasteiger partial charge in [0.2, 0.25) is 11.8 Å². The smallest absolute Gasteiger partial charge is 0.366 e. The number of hydrogen-bond acceptors (Lipinski definition) is 5. The molecule has 7 nitrogen and oxygen atoms in total. The van der Waals surface area contributed by atoms with Gasteiger partial charge in [-0.3, -0.25) is 9.59 Å². The molecule has 0 spiro atoms. The van der Waals surface area contributed by atoms with E-state index in [9.17, 15) is 31.2 Å². The summed E-state index contributed by atoms with van der Waals surface area (Å²) in [6.45, 7) is 4.25. The molecule has 2 fully saturated rings. The van der Waals surface area contributed by atoms with Crippen molar-refractivity contribution in [1.29, 1.82) is 0 Å². The summed E-state index contributed by atoms with van der Waals surface area (Å²) in [4.78, 5) is 29.8. The van der Waals surface area contributed by atoms with Crippen LogP contribution in [0, 0.1) is 5.92 Å². The van der Waals surface area contributed by atoms with E-state index in [4.69, 9.17) is 17.3 Å².